The maximum absolute atomic E-state index is 4.97. The van der Waals surface area contributed by atoms with Crippen LogP contribution in [0.3, 0.4) is 0 Å². The minimum absolute atomic E-state index is 0.139. The van der Waals surface area contributed by atoms with Crippen molar-refractivity contribution in [3.63, 3.8) is 0 Å². The van der Waals surface area contributed by atoms with Gasteiger partial charge >= 0.3 is 0 Å². The normalized spacial score (nSPS) is 11.9. The highest BCUT2D eigenvalue weighted by molar-refractivity contribution is 5.01. The van der Waals surface area contributed by atoms with E-state index in [9.17, 15) is 0 Å². The highest BCUT2D eigenvalue weighted by Gasteiger charge is 1.93. The molecule has 0 rings (SSSR count). The van der Waals surface area contributed by atoms with Crippen LogP contribution in [0, 0.1) is 11.8 Å². The van der Waals surface area contributed by atoms with Crippen molar-refractivity contribution >= 4 is 0 Å². The van der Waals surface area contributed by atoms with Gasteiger partial charge in [-0.2, -0.15) is 0 Å². The molecule has 0 amide bonds. The zero-order valence-electron chi connectivity index (χ0n) is 5.69. The highest BCUT2D eigenvalue weighted by Crippen LogP contribution is 1.91. The fourth-order valence-corrected chi connectivity index (χ4v) is 0.489. The van der Waals surface area contributed by atoms with Crippen molar-refractivity contribution in [2.75, 3.05) is 7.11 Å². The van der Waals surface area contributed by atoms with Gasteiger partial charge in [-0.15, -0.1) is 5.92 Å². The fraction of sp³-hybridized carbons (Fsp3) is 0.714. The van der Waals surface area contributed by atoms with Gasteiger partial charge in [0.1, 0.15) is 6.10 Å². The molecular formula is C7H12O. The molecule has 0 spiro atoms. The summed E-state index contributed by atoms with van der Waals surface area (Å²) in [7, 11) is 1.68. The van der Waals surface area contributed by atoms with E-state index in [1.807, 2.05) is 6.92 Å². The van der Waals surface area contributed by atoms with Crippen molar-refractivity contribution in [3.8, 4) is 11.8 Å². The first kappa shape index (κ1) is 7.52. The summed E-state index contributed by atoms with van der Waals surface area (Å²) in [5.74, 6) is 5.70. The molecule has 0 saturated carbocycles. The number of ether oxygens (including phenoxy) is 1. The summed E-state index contributed by atoms with van der Waals surface area (Å²) < 4.78 is 4.97. The van der Waals surface area contributed by atoms with E-state index >= 15 is 0 Å². The Labute approximate surface area is 51.0 Å². The fourth-order valence-electron chi connectivity index (χ4n) is 0.489. The van der Waals surface area contributed by atoms with E-state index in [1.54, 1.807) is 7.11 Å². The number of methoxy groups -OCH3 is 1. The molecule has 1 nitrogen and oxygen atoms in total. The predicted octanol–water partition coefficient (Wildman–Crippen LogP) is 1.43. The highest BCUT2D eigenvalue weighted by atomic mass is 16.5. The van der Waals surface area contributed by atoms with Crippen LogP contribution in [0.1, 0.15) is 20.3 Å². The van der Waals surface area contributed by atoms with Crippen LogP contribution in [0.25, 0.3) is 0 Å². The Hall–Kier alpha value is -0.480. The third-order valence-corrected chi connectivity index (χ3v) is 0.961. The zero-order chi connectivity index (χ0) is 6.41. The van der Waals surface area contributed by atoms with Gasteiger partial charge in [0.15, 0.2) is 0 Å². The van der Waals surface area contributed by atoms with Crippen LogP contribution < -0.4 is 0 Å². The molecule has 0 aliphatic rings. The topological polar surface area (TPSA) is 9.23 Å². The molecule has 1 unspecified atom stereocenters. The number of hydrogen-bond acceptors (Lipinski definition) is 1. The molecule has 0 aromatic rings. The van der Waals surface area contributed by atoms with E-state index in [1.165, 1.54) is 0 Å². The van der Waals surface area contributed by atoms with Crippen molar-refractivity contribution in [2.45, 2.75) is 26.4 Å². The molecule has 0 N–H and O–H groups in total. The van der Waals surface area contributed by atoms with Crippen LogP contribution in [0.15, 0.2) is 0 Å². The smallest absolute Gasteiger partial charge is 0.117 e. The summed E-state index contributed by atoms with van der Waals surface area (Å²) in [4.78, 5) is 0. The molecule has 0 aliphatic heterocycles. The molecule has 8 heavy (non-hydrogen) atoms. The van der Waals surface area contributed by atoms with E-state index in [0.717, 1.165) is 6.42 Å². The SMILES string of the molecule is CC#CC(CC)OC. The van der Waals surface area contributed by atoms with Crippen molar-refractivity contribution in [1.29, 1.82) is 0 Å². The summed E-state index contributed by atoms with van der Waals surface area (Å²) in [5.41, 5.74) is 0. The summed E-state index contributed by atoms with van der Waals surface area (Å²) >= 11 is 0. The molecule has 46 valence electrons. The van der Waals surface area contributed by atoms with E-state index in [0.29, 0.717) is 0 Å². The average Bonchev–Trinajstić information content (AvgIpc) is 1.83. The molecule has 1 atom stereocenters. The van der Waals surface area contributed by atoms with Crippen molar-refractivity contribution in [3.05, 3.63) is 0 Å². The quantitative estimate of drug-likeness (QED) is 0.491. The van der Waals surface area contributed by atoms with Crippen LogP contribution in [0.2, 0.25) is 0 Å². The van der Waals surface area contributed by atoms with Crippen LogP contribution in [-0.4, -0.2) is 13.2 Å². The molecule has 0 bridgehead atoms. The van der Waals surface area contributed by atoms with Gasteiger partial charge in [-0.25, -0.2) is 0 Å². The van der Waals surface area contributed by atoms with Crippen molar-refractivity contribution < 1.29 is 4.74 Å². The van der Waals surface area contributed by atoms with Gasteiger partial charge in [-0.3, -0.25) is 0 Å². The lowest BCUT2D eigenvalue weighted by atomic mass is 10.3. The van der Waals surface area contributed by atoms with Crippen LogP contribution >= 0.6 is 0 Å². The summed E-state index contributed by atoms with van der Waals surface area (Å²) in [6.07, 6.45) is 1.11. The predicted molar refractivity (Wildman–Crippen MR) is 34.5 cm³/mol. The van der Waals surface area contributed by atoms with Gasteiger partial charge in [0, 0.05) is 7.11 Å². The third kappa shape index (κ3) is 2.65. The minimum atomic E-state index is 0.139. The second-order valence-corrected chi connectivity index (χ2v) is 1.53. The first-order valence-corrected chi connectivity index (χ1v) is 2.80. The molecule has 0 heterocycles. The maximum Gasteiger partial charge on any atom is 0.117 e. The van der Waals surface area contributed by atoms with E-state index in [-0.39, 0.29) is 6.10 Å². The number of rotatable bonds is 2. The van der Waals surface area contributed by atoms with E-state index < -0.39 is 0 Å². The van der Waals surface area contributed by atoms with Gasteiger partial charge in [-0.05, 0) is 13.3 Å². The Morgan fingerprint density at radius 1 is 1.62 bits per heavy atom. The van der Waals surface area contributed by atoms with E-state index in [2.05, 4.69) is 18.8 Å². The largest absolute Gasteiger partial charge is 0.369 e. The molecule has 0 fully saturated rings. The lowest BCUT2D eigenvalue weighted by Crippen LogP contribution is -2.04. The first-order chi connectivity index (χ1) is 3.85. The molecule has 0 aromatic carbocycles. The molecule has 0 saturated heterocycles. The van der Waals surface area contributed by atoms with Gasteiger partial charge in [0.05, 0.1) is 0 Å². The Morgan fingerprint density at radius 2 is 2.25 bits per heavy atom. The second kappa shape index (κ2) is 4.67. The Balaban J connectivity index is 3.47. The molecule has 0 aliphatic carbocycles. The third-order valence-electron chi connectivity index (χ3n) is 0.961. The monoisotopic (exact) mass is 112 g/mol. The summed E-state index contributed by atoms with van der Waals surface area (Å²) in [6.45, 7) is 3.88. The van der Waals surface area contributed by atoms with Gasteiger partial charge in [0.25, 0.3) is 0 Å². The average molecular weight is 112 g/mol. The van der Waals surface area contributed by atoms with E-state index in [4.69, 9.17) is 4.74 Å². The molecule has 1 heteroatoms. The van der Waals surface area contributed by atoms with Gasteiger partial charge < -0.3 is 4.74 Å². The zero-order valence-corrected chi connectivity index (χ0v) is 5.69. The van der Waals surface area contributed by atoms with Crippen LogP contribution in [0.4, 0.5) is 0 Å². The first-order valence-electron chi connectivity index (χ1n) is 2.80. The Kier molecular flexibility index (Phi) is 4.39. The van der Waals surface area contributed by atoms with Crippen LogP contribution in [0.5, 0.6) is 0 Å². The standard InChI is InChI=1S/C7H12O/c1-4-6-7(5-2)8-3/h7H,5H2,1-3H3. The van der Waals surface area contributed by atoms with Crippen molar-refractivity contribution in [1.82, 2.24) is 0 Å². The lowest BCUT2D eigenvalue weighted by Gasteiger charge is -2.01. The minimum Gasteiger partial charge on any atom is -0.369 e. The summed E-state index contributed by atoms with van der Waals surface area (Å²) in [6, 6.07) is 0. The molecule has 0 radical (unpaired) electrons. The van der Waals surface area contributed by atoms with Gasteiger partial charge in [0.2, 0.25) is 0 Å². The molecular weight excluding hydrogens is 100 g/mol. The lowest BCUT2D eigenvalue weighted by molar-refractivity contribution is 0.145. The maximum atomic E-state index is 4.97. The van der Waals surface area contributed by atoms with Crippen LogP contribution in [-0.2, 0) is 4.74 Å². The van der Waals surface area contributed by atoms with Crippen molar-refractivity contribution in [2.24, 2.45) is 0 Å². The Bertz CT molecular complexity index is 92.7. The number of hydrogen-bond donors (Lipinski definition) is 0. The molecule has 0 aromatic heterocycles. The Morgan fingerprint density at radius 3 is 2.38 bits per heavy atom. The summed E-state index contributed by atoms with van der Waals surface area (Å²) in [5, 5.41) is 0. The second-order valence-electron chi connectivity index (χ2n) is 1.53. The van der Waals surface area contributed by atoms with Gasteiger partial charge in [-0.1, -0.05) is 12.8 Å².